The molecule has 0 aliphatic rings. The number of amidine groups is 1. The van der Waals surface area contributed by atoms with Crippen molar-refractivity contribution in [1.82, 2.24) is 19.9 Å². The van der Waals surface area contributed by atoms with Gasteiger partial charge < -0.3 is 25.1 Å². The zero-order chi connectivity index (χ0) is 29.4. The summed E-state index contributed by atoms with van der Waals surface area (Å²) >= 11 is 0. The van der Waals surface area contributed by atoms with Crippen molar-refractivity contribution in [3.8, 4) is 34.5 Å². The Labute approximate surface area is 234 Å². The summed E-state index contributed by atoms with van der Waals surface area (Å²) in [6.45, 7) is 1.21. The molecule has 4 rings (SSSR count). The number of aromatic nitrogens is 4. The highest BCUT2D eigenvalue weighted by Crippen LogP contribution is 2.41. The maximum atomic E-state index is 13.4. The number of anilines is 1. The fourth-order valence-corrected chi connectivity index (χ4v) is 4.32. The van der Waals surface area contributed by atoms with Gasteiger partial charge in [0.2, 0.25) is 5.75 Å². The molecule has 0 spiro atoms. The van der Waals surface area contributed by atoms with Crippen LogP contribution in [0.4, 0.5) is 5.82 Å². The highest BCUT2D eigenvalue weighted by atomic mass is 32.2. The summed E-state index contributed by atoms with van der Waals surface area (Å²) in [6, 6.07) is 12.6. The van der Waals surface area contributed by atoms with Crippen LogP contribution in [0.3, 0.4) is 0 Å². The van der Waals surface area contributed by atoms with E-state index in [4.69, 9.17) is 25.5 Å². The second kappa shape index (κ2) is 12.8. The van der Waals surface area contributed by atoms with Gasteiger partial charge in [-0.3, -0.25) is 9.71 Å². The number of hydrogen-bond donors (Lipinski definition) is 4. The lowest BCUT2D eigenvalue weighted by Crippen LogP contribution is -2.18. The van der Waals surface area contributed by atoms with Crippen molar-refractivity contribution in [2.24, 2.45) is 16.1 Å². The van der Waals surface area contributed by atoms with Gasteiger partial charge in [0.1, 0.15) is 12.3 Å². The number of nitrogens with one attached hydrogen (secondary N) is 2. The predicted octanol–water partition coefficient (Wildman–Crippen LogP) is 2.87. The van der Waals surface area contributed by atoms with Gasteiger partial charge in [0.25, 0.3) is 15.9 Å². The van der Waals surface area contributed by atoms with Gasteiger partial charge in [-0.05, 0) is 42.8 Å². The molecule has 0 aliphatic heterocycles. The lowest BCUT2D eigenvalue weighted by molar-refractivity contribution is 0.192. The van der Waals surface area contributed by atoms with E-state index in [-0.39, 0.29) is 58.8 Å². The second-order valence-electron chi connectivity index (χ2n) is 8.15. The topological polar surface area (TPSA) is 220 Å². The van der Waals surface area contributed by atoms with Gasteiger partial charge in [0.15, 0.2) is 34.0 Å². The number of hydrogen-bond acceptors (Lipinski definition) is 12. The molecular weight excluding hydrogens is 554 g/mol. The van der Waals surface area contributed by atoms with Crippen molar-refractivity contribution in [1.29, 1.82) is 5.53 Å². The number of rotatable bonds is 12. The highest BCUT2D eigenvalue weighted by molar-refractivity contribution is 7.92. The van der Waals surface area contributed by atoms with Crippen LogP contribution in [0.1, 0.15) is 11.3 Å². The molecule has 41 heavy (non-hydrogen) atoms. The lowest BCUT2D eigenvalue weighted by atomic mass is 10.2. The van der Waals surface area contributed by atoms with E-state index in [9.17, 15) is 13.5 Å². The maximum absolute atomic E-state index is 13.4. The van der Waals surface area contributed by atoms with Gasteiger partial charge in [0, 0.05) is 18.0 Å². The molecule has 0 atom stereocenters. The van der Waals surface area contributed by atoms with E-state index in [2.05, 4.69) is 35.0 Å². The average Bonchev–Trinajstić information content (AvgIpc) is 2.97. The van der Waals surface area contributed by atoms with Crippen LogP contribution in [-0.2, 0) is 10.0 Å². The molecule has 0 radical (unpaired) electrons. The molecule has 0 bridgehead atoms. The number of pyridine rings is 2. The molecule has 3 aromatic heterocycles. The number of aryl methyl sites for hydroxylation is 1. The Balaban J connectivity index is 1.92. The first-order chi connectivity index (χ1) is 19.7. The van der Waals surface area contributed by atoms with Crippen molar-refractivity contribution in [3.63, 3.8) is 0 Å². The van der Waals surface area contributed by atoms with E-state index < -0.39 is 10.0 Å². The minimum atomic E-state index is -4.28. The lowest BCUT2D eigenvalue weighted by Gasteiger charge is -2.18. The third kappa shape index (κ3) is 6.87. The quantitative estimate of drug-likeness (QED) is 0.0827. The van der Waals surface area contributed by atoms with Crippen molar-refractivity contribution >= 4 is 21.7 Å². The van der Waals surface area contributed by atoms with Crippen molar-refractivity contribution < 1.29 is 27.7 Å². The molecule has 0 fully saturated rings. The molecule has 0 saturated heterocycles. The molecule has 4 aromatic rings. The fraction of sp³-hybridized carbons (Fsp3) is 0.160. The number of para-hydroxylation sites is 2. The summed E-state index contributed by atoms with van der Waals surface area (Å²) in [5, 5.41) is 15.6. The third-order valence-corrected chi connectivity index (χ3v) is 6.53. The standard InChI is InChI=1S/C25H25N9O6S/c1-15-7-8-20(29-14-15)41(36,37)33-24-21(40-19-6-4-3-5-18(19)38-2)25(39-12-11-35)31-23(30-24)16-9-10-28-17(13-16)22(26)32-34-27/h3-10,13-14,35H,11-12H2,1-2H3,(H3,26,27,32)(H,30,31,33). The van der Waals surface area contributed by atoms with Crippen LogP contribution in [0.5, 0.6) is 23.1 Å². The SMILES string of the molecule is COc1ccccc1Oc1c(NS(=O)(=O)c2ccc(C)cn2)nc(-c2ccnc(/C(N)=N/N=N)c2)nc1OCCO. The van der Waals surface area contributed by atoms with E-state index in [1.54, 1.807) is 43.3 Å². The van der Waals surface area contributed by atoms with Crippen LogP contribution in [0.25, 0.3) is 11.4 Å². The van der Waals surface area contributed by atoms with Crippen LogP contribution < -0.4 is 24.7 Å². The summed E-state index contributed by atoms with van der Waals surface area (Å²) in [5.74, 6) is -0.287. The van der Waals surface area contributed by atoms with E-state index in [1.807, 2.05) is 0 Å². The number of benzene rings is 1. The van der Waals surface area contributed by atoms with Crippen molar-refractivity contribution in [3.05, 3.63) is 72.2 Å². The van der Waals surface area contributed by atoms with Crippen molar-refractivity contribution in [2.45, 2.75) is 11.9 Å². The molecular formula is C25H25N9O6S. The number of aliphatic hydroxyl groups excluding tert-OH is 1. The number of aliphatic hydroxyl groups is 1. The fourth-order valence-electron chi connectivity index (χ4n) is 3.38. The Bertz CT molecular complexity index is 1680. The summed E-state index contributed by atoms with van der Waals surface area (Å²) < 4.78 is 46.2. The number of methoxy groups -OCH3 is 1. The Morgan fingerprint density at radius 2 is 1.90 bits per heavy atom. The first-order valence-corrected chi connectivity index (χ1v) is 13.3. The van der Waals surface area contributed by atoms with Gasteiger partial charge in [-0.25, -0.2) is 9.97 Å². The first kappa shape index (κ1) is 28.8. The molecule has 3 heterocycles. The predicted molar refractivity (Wildman–Crippen MR) is 147 cm³/mol. The van der Waals surface area contributed by atoms with Crippen LogP contribution >= 0.6 is 0 Å². The third-order valence-electron chi connectivity index (χ3n) is 5.27. The molecule has 16 heteroatoms. The Morgan fingerprint density at radius 1 is 1.12 bits per heavy atom. The van der Waals surface area contributed by atoms with Crippen LogP contribution in [0, 0.1) is 12.5 Å². The summed E-state index contributed by atoms with van der Waals surface area (Å²) in [4.78, 5) is 17.0. The molecule has 0 aliphatic carbocycles. The van der Waals surface area contributed by atoms with E-state index in [0.29, 0.717) is 11.3 Å². The van der Waals surface area contributed by atoms with Gasteiger partial charge >= 0.3 is 0 Å². The number of sulfonamides is 1. The summed E-state index contributed by atoms with van der Waals surface area (Å²) in [7, 11) is -2.83. The maximum Gasteiger partial charge on any atom is 0.280 e. The Kier molecular flexibility index (Phi) is 8.95. The molecule has 0 unspecified atom stereocenters. The molecule has 15 nitrogen and oxygen atoms in total. The first-order valence-electron chi connectivity index (χ1n) is 11.8. The van der Waals surface area contributed by atoms with Crippen LogP contribution in [0.15, 0.2) is 76.3 Å². The van der Waals surface area contributed by atoms with Gasteiger partial charge in [-0.15, -0.1) is 5.10 Å². The minimum absolute atomic E-state index is 0.0147. The van der Waals surface area contributed by atoms with E-state index in [0.717, 1.165) is 5.56 Å². The second-order valence-corrected chi connectivity index (χ2v) is 9.78. The molecule has 212 valence electrons. The molecule has 0 saturated carbocycles. The number of ether oxygens (including phenoxy) is 3. The zero-order valence-corrected chi connectivity index (χ0v) is 22.7. The van der Waals surface area contributed by atoms with Gasteiger partial charge in [-0.1, -0.05) is 23.4 Å². The Morgan fingerprint density at radius 3 is 2.59 bits per heavy atom. The highest BCUT2D eigenvalue weighted by Gasteiger charge is 2.26. The van der Waals surface area contributed by atoms with Gasteiger partial charge in [0.05, 0.1) is 13.7 Å². The van der Waals surface area contributed by atoms with E-state index >= 15 is 0 Å². The van der Waals surface area contributed by atoms with E-state index in [1.165, 1.54) is 31.6 Å². The normalized spacial score (nSPS) is 11.5. The van der Waals surface area contributed by atoms with Crippen LogP contribution in [0.2, 0.25) is 0 Å². The van der Waals surface area contributed by atoms with Crippen LogP contribution in [-0.4, -0.2) is 59.6 Å². The number of nitrogens with two attached hydrogens (primary N) is 1. The van der Waals surface area contributed by atoms with Gasteiger partial charge in [-0.2, -0.15) is 18.9 Å². The number of nitrogens with zero attached hydrogens (tertiary/aromatic N) is 6. The molecule has 1 aromatic carbocycles. The zero-order valence-electron chi connectivity index (χ0n) is 21.8. The molecule has 0 amide bonds. The Hall–Kier alpha value is -5.22. The van der Waals surface area contributed by atoms with Crippen molar-refractivity contribution in [2.75, 3.05) is 25.0 Å². The molecule has 5 N–H and O–H groups in total. The minimum Gasteiger partial charge on any atom is -0.493 e. The summed E-state index contributed by atoms with van der Waals surface area (Å²) in [5.41, 5.74) is 14.0. The summed E-state index contributed by atoms with van der Waals surface area (Å²) in [6.07, 6.45) is 2.81. The smallest absolute Gasteiger partial charge is 0.280 e. The largest absolute Gasteiger partial charge is 0.493 e. The monoisotopic (exact) mass is 579 g/mol. The average molecular weight is 580 g/mol.